The summed E-state index contributed by atoms with van der Waals surface area (Å²) in [4.78, 5) is 11.8. The van der Waals surface area contributed by atoms with Crippen LogP contribution in [0.5, 0.6) is 0 Å². The Hall–Kier alpha value is -1.42. The molecule has 1 aromatic carbocycles. The molecule has 94 valence electrons. The third-order valence-electron chi connectivity index (χ3n) is 2.94. The normalized spacial score (nSPS) is 12.6. The van der Waals surface area contributed by atoms with Crippen LogP contribution in [0.25, 0.3) is 0 Å². The summed E-state index contributed by atoms with van der Waals surface area (Å²) in [6, 6.07) is 4.59. The van der Waals surface area contributed by atoms with Gasteiger partial charge in [0.2, 0.25) is 5.91 Å². The molecule has 3 nitrogen and oxygen atoms in total. The highest BCUT2D eigenvalue weighted by molar-refractivity contribution is 5.92. The summed E-state index contributed by atoms with van der Waals surface area (Å²) in [6.45, 7) is 6.02. The van der Waals surface area contributed by atoms with Gasteiger partial charge >= 0.3 is 0 Å². The van der Waals surface area contributed by atoms with Crippen molar-refractivity contribution in [3.8, 4) is 0 Å². The number of benzene rings is 1. The van der Waals surface area contributed by atoms with Gasteiger partial charge in [0, 0.05) is 12.5 Å². The molecule has 0 aliphatic heterocycles. The number of hydrogen-bond acceptors (Lipinski definition) is 2. The topological polar surface area (TPSA) is 55.1 Å². The van der Waals surface area contributed by atoms with Crippen molar-refractivity contribution >= 4 is 11.6 Å². The first-order chi connectivity index (χ1) is 7.95. The lowest BCUT2D eigenvalue weighted by Gasteiger charge is -2.15. The summed E-state index contributed by atoms with van der Waals surface area (Å²) < 4.78 is 13.6. The van der Waals surface area contributed by atoms with Crippen LogP contribution in [0.2, 0.25) is 0 Å². The van der Waals surface area contributed by atoms with Gasteiger partial charge in [-0.2, -0.15) is 0 Å². The van der Waals surface area contributed by atoms with Gasteiger partial charge in [-0.05, 0) is 23.6 Å². The average molecular weight is 238 g/mol. The highest BCUT2D eigenvalue weighted by Gasteiger charge is 2.17. The van der Waals surface area contributed by atoms with Crippen LogP contribution in [0.3, 0.4) is 0 Å². The number of halogens is 1. The fourth-order valence-corrected chi connectivity index (χ4v) is 1.34. The van der Waals surface area contributed by atoms with Crippen molar-refractivity contribution in [3.05, 3.63) is 29.6 Å². The number of anilines is 1. The van der Waals surface area contributed by atoms with Crippen LogP contribution in [-0.2, 0) is 11.3 Å². The average Bonchev–Trinajstić information content (AvgIpc) is 2.30. The summed E-state index contributed by atoms with van der Waals surface area (Å²) in [5, 5.41) is 2.59. The van der Waals surface area contributed by atoms with Gasteiger partial charge in [0.15, 0.2) is 0 Å². The Bertz CT molecular complexity index is 404. The zero-order valence-electron chi connectivity index (χ0n) is 10.5. The first-order valence-corrected chi connectivity index (χ1v) is 5.75. The molecule has 17 heavy (non-hydrogen) atoms. The Morgan fingerprint density at radius 1 is 1.41 bits per heavy atom. The molecule has 1 atom stereocenters. The predicted molar refractivity (Wildman–Crippen MR) is 66.9 cm³/mol. The van der Waals surface area contributed by atoms with E-state index in [4.69, 9.17) is 5.73 Å². The lowest BCUT2D eigenvalue weighted by molar-refractivity contribution is -0.120. The highest BCUT2D eigenvalue weighted by atomic mass is 19.1. The standard InChI is InChI=1S/C13H19FN2O/c1-8(2)9(3)13(17)16-12-5-4-10(7-15)6-11(12)14/h4-6,8-9H,7,15H2,1-3H3,(H,16,17). The summed E-state index contributed by atoms with van der Waals surface area (Å²) in [7, 11) is 0. The van der Waals surface area contributed by atoms with E-state index in [1.807, 2.05) is 20.8 Å². The van der Waals surface area contributed by atoms with Crippen LogP contribution >= 0.6 is 0 Å². The Morgan fingerprint density at radius 2 is 2.06 bits per heavy atom. The van der Waals surface area contributed by atoms with E-state index < -0.39 is 5.82 Å². The maximum absolute atomic E-state index is 13.6. The third kappa shape index (κ3) is 3.53. The molecule has 1 unspecified atom stereocenters. The predicted octanol–water partition coefficient (Wildman–Crippen LogP) is 2.51. The van der Waals surface area contributed by atoms with E-state index in [1.165, 1.54) is 6.07 Å². The lowest BCUT2D eigenvalue weighted by Crippen LogP contribution is -2.24. The molecule has 4 heteroatoms. The minimum Gasteiger partial charge on any atom is -0.326 e. The van der Waals surface area contributed by atoms with Crippen LogP contribution in [0.15, 0.2) is 18.2 Å². The number of nitrogens with two attached hydrogens (primary N) is 1. The zero-order valence-corrected chi connectivity index (χ0v) is 10.5. The molecule has 0 fully saturated rings. The molecule has 3 N–H and O–H groups in total. The van der Waals surface area contributed by atoms with E-state index in [2.05, 4.69) is 5.32 Å². The fourth-order valence-electron chi connectivity index (χ4n) is 1.34. The smallest absolute Gasteiger partial charge is 0.227 e. The number of hydrogen-bond donors (Lipinski definition) is 2. The van der Waals surface area contributed by atoms with Crippen LogP contribution in [0.1, 0.15) is 26.3 Å². The van der Waals surface area contributed by atoms with Gasteiger partial charge in [0.05, 0.1) is 5.69 Å². The van der Waals surface area contributed by atoms with E-state index in [1.54, 1.807) is 12.1 Å². The number of amides is 1. The number of rotatable bonds is 4. The van der Waals surface area contributed by atoms with Gasteiger partial charge in [-0.3, -0.25) is 4.79 Å². The highest BCUT2D eigenvalue weighted by Crippen LogP contribution is 2.18. The van der Waals surface area contributed by atoms with Crippen LogP contribution < -0.4 is 11.1 Å². The van der Waals surface area contributed by atoms with E-state index in [0.717, 1.165) is 0 Å². The van der Waals surface area contributed by atoms with Crippen molar-refractivity contribution in [1.29, 1.82) is 0 Å². The molecule has 0 heterocycles. The molecule has 0 spiro atoms. The Kier molecular flexibility index (Phi) is 4.63. The Labute approximate surface area is 101 Å². The summed E-state index contributed by atoms with van der Waals surface area (Å²) >= 11 is 0. The van der Waals surface area contributed by atoms with Gasteiger partial charge in [0.1, 0.15) is 5.82 Å². The summed E-state index contributed by atoms with van der Waals surface area (Å²) in [6.07, 6.45) is 0. The second kappa shape index (κ2) is 5.77. The SMILES string of the molecule is CC(C)C(C)C(=O)Nc1ccc(CN)cc1F. The second-order valence-electron chi connectivity index (χ2n) is 4.54. The van der Waals surface area contributed by atoms with E-state index in [-0.39, 0.29) is 30.0 Å². The molecular weight excluding hydrogens is 219 g/mol. The number of carbonyl (C=O) groups is 1. The van der Waals surface area contributed by atoms with Crippen molar-refractivity contribution in [1.82, 2.24) is 0 Å². The van der Waals surface area contributed by atoms with Crippen molar-refractivity contribution in [2.75, 3.05) is 5.32 Å². The maximum atomic E-state index is 13.6. The molecule has 0 saturated heterocycles. The van der Waals surface area contributed by atoms with Crippen LogP contribution in [0.4, 0.5) is 10.1 Å². The van der Waals surface area contributed by atoms with Gasteiger partial charge < -0.3 is 11.1 Å². The number of nitrogens with one attached hydrogen (secondary N) is 1. The minimum atomic E-state index is -0.447. The van der Waals surface area contributed by atoms with Gasteiger partial charge in [-0.25, -0.2) is 4.39 Å². The van der Waals surface area contributed by atoms with Crippen molar-refractivity contribution in [3.63, 3.8) is 0 Å². The van der Waals surface area contributed by atoms with E-state index >= 15 is 0 Å². The summed E-state index contributed by atoms with van der Waals surface area (Å²) in [5.74, 6) is -0.540. The molecule has 0 saturated carbocycles. The number of carbonyl (C=O) groups excluding carboxylic acids is 1. The molecule has 0 radical (unpaired) electrons. The molecule has 0 bridgehead atoms. The van der Waals surface area contributed by atoms with Crippen molar-refractivity contribution < 1.29 is 9.18 Å². The third-order valence-corrected chi connectivity index (χ3v) is 2.94. The monoisotopic (exact) mass is 238 g/mol. The zero-order chi connectivity index (χ0) is 13.0. The lowest BCUT2D eigenvalue weighted by atomic mass is 9.97. The van der Waals surface area contributed by atoms with Crippen LogP contribution in [-0.4, -0.2) is 5.91 Å². The maximum Gasteiger partial charge on any atom is 0.227 e. The molecular formula is C13H19FN2O. The second-order valence-corrected chi connectivity index (χ2v) is 4.54. The summed E-state index contributed by atoms with van der Waals surface area (Å²) in [5.41, 5.74) is 6.32. The van der Waals surface area contributed by atoms with E-state index in [0.29, 0.717) is 5.56 Å². The quantitative estimate of drug-likeness (QED) is 0.846. The van der Waals surface area contributed by atoms with Gasteiger partial charge in [-0.1, -0.05) is 26.8 Å². The minimum absolute atomic E-state index is 0.149. The fraction of sp³-hybridized carbons (Fsp3) is 0.462. The Balaban J connectivity index is 2.78. The van der Waals surface area contributed by atoms with E-state index in [9.17, 15) is 9.18 Å². The Morgan fingerprint density at radius 3 is 2.53 bits per heavy atom. The van der Waals surface area contributed by atoms with Gasteiger partial charge in [0.25, 0.3) is 0 Å². The van der Waals surface area contributed by atoms with Crippen LogP contribution in [0, 0.1) is 17.7 Å². The molecule has 0 aliphatic carbocycles. The van der Waals surface area contributed by atoms with Crippen molar-refractivity contribution in [2.24, 2.45) is 17.6 Å². The molecule has 1 aromatic rings. The first kappa shape index (κ1) is 13.6. The largest absolute Gasteiger partial charge is 0.326 e. The molecule has 0 aliphatic rings. The molecule has 1 rings (SSSR count). The van der Waals surface area contributed by atoms with Gasteiger partial charge in [-0.15, -0.1) is 0 Å². The first-order valence-electron chi connectivity index (χ1n) is 5.75. The molecule has 0 aromatic heterocycles. The van der Waals surface area contributed by atoms with Crippen molar-refractivity contribution in [2.45, 2.75) is 27.3 Å². The molecule has 1 amide bonds.